The Morgan fingerprint density at radius 2 is 1.05 bits per heavy atom. The Kier molecular flexibility index (Phi) is 5.23. The zero-order chi connectivity index (χ0) is 16.1. The monoisotopic (exact) mass is 295 g/mol. The summed E-state index contributed by atoms with van der Waals surface area (Å²) in [5.74, 6) is -0.128. The first-order valence-electron chi connectivity index (χ1n) is 7.48. The summed E-state index contributed by atoms with van der Waals surface area (Å²) in [5.41, 5.74) is 2.02. The fourth-order valence-electron chi connectivity index (χ4n) is 2.50. The summed E-state index contributed by atoms with van der Waals surface area (Å²) in [5, 5.41) is 0. The van der Waals surface area contributed by atoms with Gasteiger partial charge in [-0.2, -0.15) is 0 Å². The van der Waals surface area contributed by atoms with Crippen molar-refractivity contribution < 1.29 is 9.59 Å². The predicted molar refractivity (Wildman–Crippen MR) is 88.6 cm³/mol. The van der Waals surface area contributed by atoms with E-state index in [4.69, 9.17) is 0 Å². The second kappa shape index (κ2) is 7.14. The van der Waals surface area contributed by atoms with Crippen LogP contribution in [0.25, 0.3) is 0 Å². The minimum Gasteiger partial charge on any atom is -0.309 e. The van der Waals surface area contributed by atoms with Gasteiger partial charge in [-0.1, -0.05) is 55.5 Å². The molecule has 1 aliphatic carbocycles. The van der Waals surface area contributed by atoms with E-state index in [0.29, 0.717) is 22.3 Å². The molecule has 22 heavy (non-hydrogen) atoms. The van der Waals surface area contributed by atoms with Gasteiger partial charge in [0.2, 0.25) is 0 Å². The van der Waals surface area contributed by atoms with E-state index in [2.05, 4.69) is 25.9 Å². The Labute approximate surface area is 131 Å². The molecule has 0 saturated carbocycles. The molecule has 0 spiro atoms. The molecule has 0 radical (unpaired) electrons. The molecule has 3 heteroatoms. The van der Waals surface area contributed by atoms with Crippen molar-refractivity contribution in [3.63, 3.8) is 0 Å². The van der Waals surface area contributed by atoms with Crippen LogP contribution in [0, 0.1) is 0 Å². The summed E-state index contributed by atoms with van der Waals surface area (Å²) in [4.78, 5) is 26.4. The van der Waals surface area contributed by atoms with Gasteiger partial charge < -0.3 is 4.90 Å². The van der Waals surface area contributed by atoms with Crippen molar-refractivity contribution in [1.29, 1.82) is 0 Å². The standard InChI is InChI=1S/C14H8O2.C5H13N/c15-13-9-5-1-2-6-10(9)14(16)12-8-4-3-7-11(12)13;1-4-5-6(2)3/h1-8H;4-5H2,1-3H3. The van der Waals surface area contributed by atoms with Crippen molar-refractivity contribution in [2.45, 2.75) is 13.3 Å². The average Bonchev–Trinajstić information content (AvgIpc) is 2.53. The first-order chi connectivity index (χ1) is 10.6. The molecule has 0 aromatic heterocycles. The number of ketones is 2. The second-order valence-corrected chi connectivity index (χ2v) is 5.55. The SMILES string of the molecule is CCCN(C)C.O=C1c2ccccc2C(=O)c2ccccc21. The Bertz CT molecular complexity index is 584. The number of fused-ring (bicyclic) bond motifs is 2. The molecule has 2 aromatic carbocycles. The van der Waals surface area contributed by atoms with Gasteiger partial charge in [0.1, 0.15) is 0 Å². The van der Waals surface area contributed by atoms with Gasteiger partial charge in [0.05, 0.1) is 0 Å². The highest BCUT2D eigenvalue weighted by Crippen LogP contribution is 2.26. The lowest BCUT2D eigenvalue weighted by Gasteiger charge is -2.16. The minimum absolute atomic E-state index is 0.0641. The fourth-order valence-corrected chi connectivity index (χ4v) is 2.50. The number of hydrogen-bond acceptors (Lipinski definition) is 3. The Morgan fingerprint density at radius 3 is 1.23 bits per heavy atom. The number of carbonyl (C=O) groups is 2. The quantitative estimate of drug-likeness (QED) is 0.727. The summed E-state index contributed by atoms with van der Waals surface area (Å²) in [6.07, 6.45) is 1.26. The molecule has 0 amide bonds. The summed E-state index contributed by atoms with van der Waals surface area (Å²) >= 11 is 0. The lowest BCUT2D eigenvalue weighted by molar-refractivity contribution is 0.0979. The van der Waals surface area contributed by atoms with Gasteiger partial charge in [-0.05, 0) is 27.1 Å². The van der Waals surface area contributed by atoms with Crippen molar-refractivity contribution in [1.82, 2.24) is 4.90 Å². The topological polar surface area (TPSA) is 37.4 Å². The molecule has 0 heterocycles. The fraction of sp³-hybridized carbons (Fsp3) is 0.263. The second-order valence-electron chi connectivity index (χ2n) is 5.55. The lowest BCUT2D eigenvalue weighted by atomic mass is 9.84. The van der Waals surface area contributed by atoms with Crippen LogP contribution >= 0.6 is 0 Å². The van der Waals surface area contributed by atoms with Crippen LogP contribution in [-0.2, 0) is 0 Å². The first-order valence-corrected chi connectivity index (χ1v) is 7.48. The summed E-state index contributed by atoms with van der Waals surface area (Å²) in [6.45, 7) is 3.39. The molecule has 0 aliphatic heterocycles. The molecule has 0 fully saturated rings. The molecule has 3 nitrogen and oxygen atoms in total. The van der Waals surface area contributed by atoms with Crippen LogP contribution in [0.1, 0.15) is 45.2 Å². The smallest absolute Gasteiger partial charge is 0.194 e. The summed E-state index contributed by atoms with van der Waals surface area (Å²) < 4.78 is 0. The zero-order valence-corrected chi connectivity index (χ0v) is 13.3. The van der Waals surface area contributed by atoms with Crippen molar-refractivity contribution in [3.8, 4) is 0 Å². The summed E-state index contributed by atoms with van der Waals surface area (Å²) in [7, 11) is 4.17. The van der Waals surface area contributed by atoms with Crippen molar-refractivity contribution in [3.05, 3.63) is 70.8 Å². The van der Waals surface area contributed by atoms with Crippen molar-refractivity contribution in [2.24, 2.45) is 0 Å². The third kappa shape index (κ3) is 3.31. The molecule has 0 unspecified atom stereocenters. The molecular formula is C19H21NO2. The van der Waals surface area contributed by atoms with Crippen LogP contribution in [-0.4, -0.2) is 37.1 Å². The number of benzene rings is 2. The molecule has 0 atom stereocenters. The Morgan fingerprint density at radius 1 is 0.727 bits per heavy atom. The van der Waals surface area contributed by atoms with E-state index in [1.54, 1.807) is 48.5 Å². The molecule has 0 saturated heterocycles. The molecule has 0 N–H and O–H groups in total. The molecule has 0 bridgehead atoms. The van der Waals surface area contributed by atoms with E-state index in [1.165, 1.54) is 13.0 Å². The van der Waals surface area contributed by atoms with Gasteiger partial charge in [0, 0.05) is 22.3 Å². The maximum Gasteiger partial charge on any atom is 0.194 e. The van der Waals surface area contributed by atoms with Gasteiger partial charge in [-0.3, -0.25) is 9.59 Å². The largest absolute Gasteiger partial charge is 0.309 e. The van der Waals surface area contributed by atoms with Crippen LogP contribution in [0.4, 0.5) is 0 Å². The van der Waals surface area contributed by atoms with E-state index < -0.39 is 0 Å². The average molecular weight is 295 g/mol. The highest BCUT2D eigenvalue weighted by Gasteiger charge is 2.28. The van der Waals surface area contributed by atoms with E-state index in [9.17, 15) is 9.59 Å². The predicted octanol–water partition coefficient (Wildman–Crippen LogP) is 3.42. The third-order valence-electron chi connectivity index (χ3n) is 3.50. The summed E-state index contributed by atoms with van der Waals surface area (Å²) in [6, 6.07) is 13.9. The molecular weight excluding hydrogens is 274 g/mol. The van der Waals surface area contributed by atoms with Gasteiger partial charge >= 0.3 is 0 Å². The van der Waals surface area contributed by atoms with E-state index in [1.807, 2.05) is 0 Å². The van der Waals surface area contributed by atoms with E-state index in [0.717, 1.165) is 0 Å². The Balaban J connectivity index is 0.000000254. The van der Waals surface area contributed by atoms with E-state index >= 15 is 0 Å². The third-order valence-corrected chi connectivity index (χ3v) is 3.50. The molecule has 1 aliphatic rings. The van der Waals surface area contributed by atoms with Crippen LogP contribution < -0.4 is 0 Å². The van der Waals surface area contributed by atoms with Crippen molar-refractivity contribution >= 4 is 11.6 Å². The molecule has 3 rings (SSSR count). The highest BCUT2D eigenvalue weighted by molar-refractivity contribution is 6.28. The Hall–Kier alpha value is -2.26. The number of carbonyl (C=O) groups excluding carboxylic acids is 2. The number of hydrogen-bond donors (Lipinski definition) is 0. The maximum atomic E-state index is 12.1. The van der Waals surface area contributed by atoms with Crippen LogP contribution in [0.5, 0.6) is 0 Å². The van der Waals surface area contributed by atoms with Crippen LogP contribution in [0.15, 0.2) is 48.5 Å². The lowest BCUT2D eigenvalue weighted by Crippen LogP contribution is -2.20. The van der Waals surface area contributed by atoms with Crippen LogP contribution in [0.3, 0.4) is 0 Å². The number of nitrogens with zero attached hydrogens (tertiary/aromatic N) is 1. The molecule has 114 valence electrons. The van der Waals surface area contributed by atoms with Gasteiger partial charge in [-0.15, -0.1) is 0 Å². The highest BCUT2D eigenvalue weighted by atomic mass is 16.1. The van der Waals surface area contributed by atoms with Gasteiger partial charge in [0.25, 0.3) is 0 Å². The first kappa shape index (κ1) is 16.1. The number of rotatable bonds is 2. The maximum absolute atomic E-state index is 12.1. The van der Waals surface area contributed by atoms with Gasteiger partial charge in [-0.25, -0.2) is 0 Å². The van der Waals surface area contributed by atoms with E-state index in [-0.39, 0.29) is 11.6 Å². The van der Waals surface area contributed by atoms with Crippen molar-refractivity contribution in [2.75, 3.05) is 20.6 Å². The van der Waals surface area contributed by atoms with Gasteiger partial charge in [0.15, 0.2) is 11.6 Å². The van der Waals surface area contributed by atoms with Crippen LogP contribution in [0.2, 0.25) is 0 Å². The normalized spacial score (nSPS) is 12.4. The minimum atomic E-state index is -0.0641. The molecule has 2 aromatic rings. The zero-order valence-electron chi connectivity index (χ0n) is 13.3.